The lowest BCUT2D eigenvalue weighted by atomic mass is 9.68. The van der Waals surface area contributed by atoms with E-state index in [4.69, 9.17) is 18.9 Å². The highest BCUT2D eigenvalue weighted by Crippen LogP contribution is 2.47. The fraction of sp³-hybridized carbons (Fsp3) is 0.455. The van der Waals surface area contributed by atoms with Crippen molar-refractivity contribution in [1.29, 1.82) is 0 Å². The molecule has 26 heavy (non-hydrogen) atoms. The molecule has 1 aliphatic carbocycles. The van der Waals surface area contributed by atoms with Crippen LogP contribution in [0.15, 0.2) is 30.3 Å². The average Bonchev–Trinajstić information content (AvgIpc) is 2.67. The molecule has 0 bridgehead atoms. The quantitative estimate of drug-likeness (QED) is 0.779. The third-order valence-electron chi connectivity index (χ3n) is 5.71. The zero-order valence-electron chi connectivity index (χ0n) is 16.5. The van der Waals surface area contributed by atoms with Crippen molar-refractivity contribution in [3.8, 4) is 23.0 Å². The standard InChI is InChI=1S/C22H28O4/c1-13-9-16-11-20(25-5)21(26-6)12-17(16)22(14(13)2)15-7-8-18(23-3)19(10-15)24-4/h7-8,10-14,22H,9H2,1-6H3/t13-,14+,22-/m0/s1. The van der Waals surface area contributed by atoms with Gasteiger partial charge in [0.2, 0.25) is 0 Å². The fourth-order valence-electron chi connectivity index (χ4n) is 4.08. The maximum Gasteiger partial charge on any atom is 0.161 e. The smallest absolute Gasteiger partial charge is 0.161 e. The molecule has 0 amide bonds. The first-order valence-corrected chi connectivity index (χ1v) is 9.00. The molecule has 3 atom stereocenters. The van der Waals surface area contributed by atoms with Gasteiger partial charge in [-0.1, -0.05) is 19.9 Å². The van der Waals surface area contributed by atoms with Gasteiger partial charge in [0, 0.05) is 5.92 Å². The van der Waals surface area contributed by atoms with Crippen molar-refractivity contribution in [2.24, 2.45) is 11.8 Å². The molecule has 0 saturated heterocycles. The second kappa shape index (κ2) is 7.48. The second-order valence-electron chi connectivity index (χ2n) is 7.04. The Balaban J connectivity index is 2.15. The van der Waals surface area contributed by atoms with E-state index in [9.17, 15) is 0 Å². The van der Waals surface area contributed by atoms with Crippen LogP contribution in [-0.2, 0) is 6.42 Å². The lowest BCUT2D eigenvalue weighted by Gasteiger charge is -2.37. The molecule has 0 heterocycles. The van der Waals surface area contributed by atoms with Gasteiger partial charge in [-0.05, 0) is 59.2 Å². The Bertz CT molecular complexity index is 784. The van der Waals surface area contributed by atoms with Gasteiger partial charge in [0.05, 0.1) is 28.4 Å². The van der Waals surface area contributed by atoms with Crippen molar-refractivity contribution in [3.63, 3.8) is 0 Å². The summed E-state index contributed by atoms with van der Waals surface area (Å²) in [6, 6.07) is 10.5. The average molecular weight is 356 g/mol. The molecule has 0 fully saturated rings. The molecule has 140 valence electrons. The van der Waals surface area contributed by atoms with Crippen molar-refractivity contribution >= 4 is 0 Å². The highest BCUT2D eigenvalue weighted by molar-refractivity contribution is 5.54. The van der Waals surface area contributed by atoms with Crippen LogP contribution >= 0.6 is 0 Å². The molecule has 3 rings (SSSR count). The summed E-state index contributed by atoms with van der Waals surface area (Å²) < 4.78 is 22.0. The number of rotatable bonds is 5. The van der Waals surface area contributed by atoms with Crippen molar-refractivity contribution in [1.82, 2.24) is 0 Å². The second-order valence-corrected chi connectivity index (χ2v) is 7.04. The highest BCUT2D eigenvalue weighted by atomic mass is 16.5. The summed E-state index contributed by atoms with van der Waals surface area (Å²) in [5, 5.41) is 0. The van der Waals surface area contributed by atoms with Gasteiger partial charge in [-0.25, -0.2) is 0 Å². The summed E-state index contributed by atoms with van der Waals surface area (Å²) in [7, 11) is 6.71. The summed E-state index contributed by atoms with van der Waals surface area (Å²) in [6.07, 6.45) is 1.04. The monoisotopic (exact) mass is 356 g/mol. The van der Waals surface area contributed by atoms with E-state index in [1.807, 2.05) is 6.07 Å². The van der Waals surface area contributed by atoms with E-state index in [1.54, 1.807) is 28.4 Å². The third kappa shape index (κ3) is 3.09. The van der Waals surface area contributed by atoms with Gasteiger partial charge >= 0.3 is 0 Å². The molecule has 0 unspecified atom stereocenters. The van der Waals surface area contributed by atoms with Crippen molar-refractivity contribution in [2.75, 3.05) is 28.4 Å². The van der Waals surface area contributed by atoms with Crippen LogP contribution in [0.3, 0.4) is 0 Å². The van der Waals surface area contributed by atoms with Gasteiger partial charge in [-0.3, -0.25) is 0 Å². The number of hydrogen-bond acceptors (Lipinski definition) is 4. The van der Waals surface area contributed by atoms with Gasteiger partial charge in [0.25, 0.3) is 0 Å². The molecule has 0 spiro atoms. The van der Waals surface area contributed by atoms with Crippen LogP contribution in [-0.4, -0.2) is 28.4 Å². The maximum atomic E-state index is 5.56. The van der Waals surface area contributed by atoms with E-state index >= 15 is 0 Å². The Labute approximate surface area is 156 Å². The summed E-state index contributed by atoms with van der Waals surface area (Å²) in [5.41, 5.74) is 3.86. The van der Waals surface area contributed by atoms with E-state index in [1.165, 1.54) is 16.7 Å². The number of ether oxygens (including phenoxy) is 4. The number of fused-ring (bicyclic) bond motifs is 1. The molecule has 0 saturated carbocycles. The highest BCUT2D eigenvalue weighted by Gasteiger charge is 2.34. The van der Waals surface area contributed by atoms with Crippen molar-refractivity contribution in [3.05, 3.63) is 47.0 Å². The topological polar surface area (TPSA) is 36.9 Å². The summed E-state index contributed by atoms with van der Waals surface area (Å²) >= 11 is 0. The van der Waals surface area contributed by atoms with E-state index < -0.39 is 0 Å². The zero-order chi connectivity index (χ0) is 18.8. The van der Waals surface area contributed by atoms with Gasteiger partial charge in [0.1, 0.15) is 0 Å². The Morgan fingerprint density at radius 2 is 1.31 bits per heavy atom. The Kier molecular flexibility index (Phi) is 5.30. The molecular formula is C22H28O4. The number of hydrogen-bond donors (Lipinski definition) is 0. The summed E-state index contributed by atoms with van der Waals surface area (Å²) in [6.45, 7) is 4.64. The minimum atomic E-state index is 0.272. The zero-order valence-corrected chi connectivity index (χ0v) is 16.5. The summed E-state index contributed by atoms with van der Waals surface area (Å²) in [4.78, 5) is 0. The minimum Gasteiger partial charge on any atom is -0.493 e. The predicted octanol–water partition coefficient (Wildman–Crippen LogP) is 4.68. The lowest BCUT2D eigenvalue weighted by Crippen LogP contribution is -2.27. The van der Waals surface area contributed by atoms with E-state index in [2.05, 4.69) is 38.1 Å². The Morgan fingerprint density at radius 3 is 1.92 bits per heavy atom. The van der Waals surface area contributed by atoms with E-state index in [-0.39, 0.29) is 5.92 Å². The molecule has 2 aromatic carbocycles. The van der Waals surface area contributed by atoms with Gasteiger partial charge in [0.15, 0.2) is 23.0 Å². The van der Waals surface area contributed by atoms with Gasteiger partial charge in [-0.2, -0.15) is 0 Å². The largest absolute Gasteiger partial charge is 0.493 e. The number of benzene rings is 2. The van der Waals surface area contributed by atoms with Crippen molar-refractivity contribution in [2.45, 2.75) is 26.2 Å². The maximum absolute atomic E-state index is 5.56. The van der Waals surface area contributed by atoms with Crippen LogP contribution < -0.4 is 18.9 Å². The van der Waals surface area contributed by atoms with Gasteiger partial charge in [-0.15, -0.1) is 0 Å². The molecule has 2 aromatic rings. The molecule has 0 aromatic heterocycles. The fourth-order valence-corrected chi connectivity index (χ4v) is 4.08. The molecule has 0 aliphatic heterocycles. The van der Waals surface area contributed by atoms with Crippen LogP contribution in [0.4, 0.5) is 0 Å². The molecule has 4 heteroatoms. The molecule has 1 aliphatic rings. The van der Waals surface area contributed by atoms with E-state index in [0.29, 0.717) is 11.8 Å². The first-order valence-electron chi connectivity index (χ1n) is 9.00. The summed E-state index contributed by atoms with van der Waals surface area (Å²) in [5.74, 6) is 4.42. The Morgan fingerprint density at radius 1 is 0.731 bits per heavy atom. The third-order valence-corrected chi connectivity index (χ3v) is 5.71. The molecular weight excluding hydrogens is 328 g/mol. The van der Waals surface area contributed by atoms with E-state index in [0.717, 1.165) is 29.4 Å². The molecule has 0 N–H and O–H groups in total. The van der Waals surface area contributed by atoms with Crippen LogP contribution in [0, 0.1) is 11.8 Å². The lowest BCUT2D eigenvalue weighted by molar-refractivity contribution is 0.316. The minimum absolute atomic E-state index is 0.272. The number of methoxy groups -OCH3 is 4. The van der Waals surface area contributed by atoms with Gasteiger partial charge < -0.3 is 18.9 Å². The van der Waals surface area contributed by atoms with Crippen LogP contribution in [0.25, 0.3) is 0 Å². The first-order chi connectivity index (χ1) is 12.5. The predicted molar refractivity (Wildman–Crippen MR) is 103 cm³/mol. The van der Waals surface area contributed by atoms with Crippen LogP contribution in [0.2, 0.25) is 0 Å². The first kappa shape index (κ1) is 18.4. The normalized spacial score (nSPS) is 21.7. The molecule has 4 nitrogen and oxygen atoms in total. The SMILES string of the molecule is COc1ccc([C@H]2c3cc(OC)c(OC)cc3C[C@H](C)[C@H]2C)cc1OC. The Hall–Kier alpha value is -2.36. The molecule has 0 radical (unpaired) electrons. The van der Waals surface area contributed by atoms with Crippen LogP contribution in [0.5, 0.6) is 23.0 Å². The van der Waals surface area contributed by atoms with Crippen LogP contribution in [0.1, 0.15) is 36.5 Å². The van der Waals surface area contributed by atoms with Crippen molar-refractivity contribution < 1.29 is 18.9 Å².